The largest absolute Gasteiger partial charge is 0.409 e. The van der Waals surface area contributed by atoms with Gasteiger partial charge in [0.15, 0.2) is 5.84 Å². The van der Waals surface area contributed by atoms with Crippen molar-refractivity contribution in [3.8, 4) is 0 Å². The molecule has 5 nitrogen and oxygen atoms in total. The number of ether oxygens (including phenoxy) is 2. The van der Waals surface area contributed by atoms with E-state index in [1.165, 1.54) is 6.42 Å². The van der Waals surface area contributed by atoms with Gasteiger partial charge in [0.2, 0.25) is 0 Å². The fourth-order valence-electron chi connectivity index (χ4n) is 1.26. The van der Waals surface area contributed by atoms with Gasteiger partial charge in [-0.05, 0) is 19.3 Å². The zero-order valence-corrected chi connectivity index (χ0v) is 7.61. The summed E-state index contributed by atoms with van der Waals surface area (Å²) < 4.78 is 10.6. The van der Waals surface area contributed by atoms with Gasteiger partial charge in [-0.1, -0.05) is 5.16 Å². The summed E-state index contributed by atoms with van der Waals surface area (Å²) >= 11 is 0. The molecule has 1 unspecified atom stereocenters. The molecule has 0 amide bonds. The zero-order valence-electron chi connectivity index (χ0n) is 7.61. The first kappa shape index (κ1) is 10.3. The Labute approximate surface area is 77.5 Å². The Hall–Kier alpha value is -0.810. The van der Waals surface area contributed by atoms with Crippen molar-refractivity contribution in [3.05, 3.63) is 0 Å². The molecule has 5 heteroatoms. The van der Waals surface area contributed by atoms with Crippen molar-refractivity contribution in [1.29, 1.82) is 0 Å². The van der Waals surface area contributed by atoms with Crippen LogP contribution in [0.15, 0.2) is 5.16 Å². The van der Waals surface area contributed by atoms with E-state index in [-0.39, 0.29) is 18.5 Å². The first-order valence-corrected chi connectivity index (χ1v) is 4.48. The molecule has 1 fully saturated rings. The van der Waals surface area contributed by atoms with Gasteiger partial charge in [0.1, 0.15) is 6.61 Å². The third kappa shape index (κ3) is 4.10. The van der Waals surface area contributed by atoms with Crippen LogP contribution in [0, 0.1) is 0 Å². The van der Waals surface area contributed by atoms with Crippen LogP contribution >= 0.6 is 0 Å². The highest BCUT2D eigenvalue weighted by atomic mass is 16.5. The number of rotatable bonds is 4. The number of hydrogen-bond acceptors (Lipinski definition) is 4. The summed E-state index contributed by atoms with van der Waals surface area (Å²) in [6, 6.07) is 0. The Balaban J connectivity index is 2.04. The van der Waals surface area contributed by atoms with Gasteiger partial charge in [0.05, 0.1) is 12.7 Å². The number of hydrogen-bond donors (Lipinski definition) is 2. The van der Waals surface area contributed by atoms with Crippen LogP contribution in [-0.2, 0) is 9.47 Å². The average molecular weight is 188 g/mol. The quantitative estimate of drug-likeness (QED) is 0.288. The van der Waals surface area contributed by atoms with E-state index >= 15 is 0 Å². The van der Waals surface area contributed by atoms with Crippen LogP contribution in [0.1, 0.15) is 19.3 Å². The van der Waals surface area contributed by atoms with Crippen LogP contribution in [0.4, 0.5) is 0 Å². The van der Waals surface area contributed by atoms with Crippen LogP contribution in [0.3, 0.4) is 0 Å². The molecule has 0 spiro atoms. The molecule has 0 aliphatic carbocycles. The zero-order chi connectivity index (χ0) is 9.52. The van der Waals surface area contributed by atoms with Gasteiger partial charge in [0.25, 0.3) is 0 Å². The van der Waals surface area contributed by atoms with Crippen LogP contribution in [-0.4, -0.2) is 37.0 Å². The third-order valence-electron chi connectivity index (χ3n) is 1.96. The lowest BCUT2D eigenvalue weighted by molar-refractivity contribution is -0.0339. The topological polar surface area (TPSA) is 77.1 Å². The van der Waals surface area contributed by atoms with Crippen LogP contribution in [0.2, 0.25) is 0 Å². The van der Waals surface area contributed by atoms with E-state index in [1.54, 1.807) is 0 Å². The molecule has 13 heavy (non-hydrogen) atoms. The second kappa shape index (κ2) is 5.77. The van der Waals surface area contributed by atoms with Crippen molar-refractivity contribution in [2.24, 2.45) is 10.9 Å². The van der Waals surface area contributed by atoms with Crippen molar-refractivity contribution >= 4 is 5.84 Å². The Bertz CT molecular complexity index is 167. The lowest BCUT2D eigenvalue weighted by atomic mass is 10.1. The van der Waals surface area contributed by atoms with Crippen molar-refractivity contribution in [1.82, 2.24) is 0 Å². The lowest BCUT2D eigenvalue weighted by Crippen LogP contribution is -2.27. The minimum Gasteiger partial charge on any atom is -0.409 e. The Kier molecular flexibility index (Phi) is 4.56. The van der Waals surface area contributed by atoms with Gasteiger partial charge in [-0.25, -0.2) is 0 Å². The van der Waals surface area contributed by atoms with Crippen LogP contribution in [0.25, 0.3) is 0 Å². The summed E-state index contributed by atoms with van der Waals surface area (Å²) in [4.78, 5) is 0. The molecule has 1 heterocycles. The molecule has 0 aromatic rings. The molecule has 1 rings (SSSR count). The fraction of sp³-hybridized carbons (Fsp3) is 0.875. The second-order valence-electron chi connectivity index (χ2n) is 3.10. The van der Waals surface area contributed by atoms with E-state index < -0.39 is 0 Å². The molecule has 3 N–H and O–H groups in total. The molecule has 1 aliphatic heterocycles. The van der Waals surface area contributed by atoms with Gasteiger partial charge < -0.3 is 20.4 Å². The summed E-state index contributed by atoms with van der Waals surface area (Å²) in [7, 11) is 0. The molecule has 0 radical (unpaired) electrons. The lowest BCUT2D eigenvalue weighted by Gasteiger charge is -2.22. The predicted octanol–water partition coefficient (Wildman–Crippen LogP) is 0.318. The summed E-state index contributed by atoms with van der Waals surface area (Å²) in [5.41, 5.74) is 5.22. The maximum absolute atomic E-state index is 8.22. The number of oxime groups is 1. The summed E-state index contributed by atoms with van der Waals surface area (Å²) in [6.45, 7) is 1.50. The maximum Gasteiger partial charge on any atom is 0.165 e. The molecule has 0 aromatic carbocycles. The molecule has 0 saturated carbocycles. The molecule has 0 bridgehead atoms. The maximum atomic E-state index is 8.22. The van der Waals surface area contributed by atoms with E-state index in [1.807, 2.05) is 0 Å². The third-order valence-corrected chi connectivity index (χ3v) is 1.96. The van der Waals surface area contributed by atoms with Gasteiger partial charge in [-0.3, -0.25) is 0 Å². The number of nitrogens with zero attached hydrogens (tertiary/aromatic N) is 1. The highest BCUT2D eigenvalue weighted by molar-refractivity contribution is 5.80. The van der Waals surface area contributed by atoms with Crippen molar-refractivity contribution in [3.63, 3.8) is 0 Å². The van der Waals surface area contributed by atoms with E-state index in [0.717, 1.165) is 19.4 Å². The van der Waals surface area contributed by atoms with E-state index in [4.69, 9.17) is 20.4 Å². The smallest absolute Gasteiger partial charge is 0.165 e. The van der Waals surface area contributed by atoms with E-state index in [9.17, 15) is 0 Å². The van der Waals surface area contributed by atoms with E-state index in [2.05, 4.69) is 5.16 Å². The molecule has 1 atom stereocenters. The second-order valence-corrected chi connectivity index (χ2v) is 3.10. The average Bonchev–Trinajstić information content (AvgIpc) is 2.19. The Morgan fingerprint density at radius 2 is 2.46 bits per heavy atom. The SMILES string of the molecule is N/C(COCC1CCCCO1)=N\O. The molecular formula is C8H16N2O3. The number of amidine groups is 1. The van der Waals surface area contributed by atoms with Crippen molar-refractivity contribution in [2.75, 3.05) is 19.8 Å². The molecule has 0 aromatic heterocycles. The molecule has 1 aliphatic rings. The fourth-order valence-corrected chi connectivity index (χ4v) is 1.26. The van der Waals surface area contributed by atoms with E-state index in [0.29, 0.717) is 6.61 Å². The van der Waals surface area contributed by atoms with Crippen molar-refractivity contribution in [2.45, 2.75) is 25.4 Å². The first-order valence-electron chi connectivity index (χ1n) is 4.48. The summed E-state index contributed by atoms with van der Waals surface area (Å²) in [6.07, 6.45) is 3.55. The molecular weight excluding hydrogens is 172 g/mol. The minimum absolute atomic E-state index is 0.0933. The van der Waals surface area contributed by atoms with Gasteiger partial charge in [0, 0.05) is 6.61 Å². The highest BCUT2D eigenvalue weighted by Crippen LogP contribution is 2.12. The first-order chi connectivity index (χ1) is 6.33. The molecule has 1 saturated heterocycles. The van der Waals surface area contributed by atoms with Crippen LogP contribution < -0.4 is 5.73 Å². The number of nitrogens with two attached hydrogens (primary N) is 1. The minimum atomic E-state index is 0.0933. The monoisotopic (exact) mass is 188 g/mol. The molecule has 76 valence electrons. The Morgan fingerprint density at radius 1 is 1.62 bits per heavy atom. The standard InChI is InChI=1S/C8H16N2O3/c9-8(10-11)6-12-5-7-3-1-2-4-13-7/h7,11H,1-6H2,(H2,9,10). The normalized spacial score (nSPS) is 24.6. The van der Waals surface area contributed by atoms with Crippen molar-refractivity contribution < 1.29 is 14.7 Å². The summed E-state index contributed by atoms with van der Waals surface area (Å²) in [5.74, 6) is 0.0933. The highest BCUT2D eigenvalue weighted by Gasteiger charge is 2.13. The predicted molar refractivity (Wildman–Crippen MR) is 47.8 cm³/mol. The van der Waals surface area contributed by atoms with Crippen LogP contribution in [0.5, 0.6) is 0 Å². The van der Waals surface area contributed by atoms with Gasteiger partial charge in [-0.2, -0.15) is 0 Å². The van der Waals surface area contributed by atoms with Gasteiger partial charge in [-0.15, -0.1) is 0 Å². The Morgan fingerprint density at radius 3 is 3.08 bits per heavy atom. The van der Waals surface area contributed by atoms with Gasteiger partial charge >= 0.3 is 0 Å². The summed E-state index contributed by atoms with van der Waals surface area (Å²) in [5, 5.41) is 11.0.